The zero-order chi connectivity index (χ0) is 16.0. The van der Waals surface area contributed by atoms with E-state index in [1.807, 2.05) is 33.8 Å². The lowest BCUT2D eigenvalue weighted by Gasteiger charge is -2.32. The maximum Gasteiger partial charge on any atom is 0.496 e. The van der Waals surface area contributed by atoms with Crippen molar-refractivity contribution in [2.45, 2.75) is 38.9 Å². The molecule has 0 aromatic carbocycles. The van der Waals surface area contributed by atoms with Crippen molar-refractivity contribution in [1.82, 2.24) is 4.98 Å². The van der Waals surface area contributed by atoms with Crippen LogP contribution in [0.15, 0.2) is 12.3 Å². The summed E-state index contributed by atoms with van der Waals surface area (Å²) in [5.74, 6) is 0.797. The average molecular weight is 325 g/mol. The second-order valence-corrected chi connectivity index (χ2v) is 7.17. The largest absolute Gasteiger partial charge is 0.496 e. The molecule has 3 rings (SSSR count). The first-order valence-corrected chi connectivity index (χ1v) is 8.02. The van der Waals surface area contributed by atoms with Gasteiger partial charge in [0.05, 0.1) is 29.4 Å². The number of morpholine rings is 1. The van der Waals surface area contributed by atoms with Gasteiger partial charge in [-0.3, -0.25) is 0 Å². The third-order valence-corrected chi connectivity index (χ3v) is 4.96. The van der Waals surface area contributed by atoms with Crippen LogP contribution < -0.4 is 10.4 Å². The van der Waals surface area contributed by atoms with Gasteiger partial charge in [0.15, 0.2) is 0 Å². The molecule has 0 N–H and O–H groups in total. The molecule has 0 saturated carbocycles. The van der Waals surface area contributed by atoms with Crippen LogP contribution in [0.3, 0.4) is 0 Å². The smallest absolute Gasteiger partial charge is 0.399 e. The van der Waals surface area contributed by atoms with Crippen molar-refractivity contribution >= 4 is 30.0 Å². The summed E-state index contributed by atoms with van der Waals surface area (Å²) >= 11 is 6.43. The van der Waals surface area contributed by atoms with Gasteiger partial charge in [0, 0.05) is 24.7 Å². The highest BCUT2D eigenvalue weighted by Gasteiger charge is 2.51. The Balaban J connectivity index is 1.81. The number of rotatable bonds is 2. The quantitative estimate of drug-likeness (QED) is 0.777. The highest BCUT2D eigenvalue weighted by molar-refractivity contribution is 6.62. The number of ether oxygens (including phenoxy) is 1. The van der Waals surface area contributed by atoms with Crippen molar-refractivity contribution in [1.29, 1.82) is 0 Å². The zero-order valence-electron chi connectivity index (χ0n) is 13.6. The summed E-state index contributed by atoms with van der Waals surface area (Å²) in [7, 11) is -0.436. The molecule has 7 heteroatoms. The number of aromatic nitrogens is 1. The van der Waals surface area contributed by atoms with E-state index >= 15 is 0 Å². The Bertz CT molecular complexity index is 546. The maximum absolute atomic E-state index is 6.43. The van der Waals surface area contributed by atoms with E-state index in [4.69, 9.17) is 25.6 Å². The first-order valence-electron chi connectivity index (χ1n) is 7.64. The van der Waals surface area contributed by atoms with Gasteiger partial charge in [-0.1, -0.05) is 11.6 Å². The fraction of sp³-hybridized carbons (Fsp3) is 0.667. The Morgan fingerprint density at radius 2 is 1.73 bits per heavy atom. The van der Waals surface area contributed by atoms with Crippen LogP contribution in [0.1, 0.15) is 27.7 Å². The van der Waals surface area contributed by atoms with Crippen LogP contribution in [0.4, 0.5) is 5.82 Å². The summed E-state index contributed by atoms with van der Waals surface area (Å²) in [4.78, 5) is 6.66. The first-order chi connectivity index (χ1) is 10.3. The minimum Gasteiger partial charge on any atom is -0.399 e. The molecular weight excluding hydrogens is 302 g/mol. The maximum atomic E-state index is 6.43. The molecule has 2 saturated heterocycles. The molecule has 0 unspecified atom stereocenters. The minimum atomic E-state index is -0.436. The molecular formula is C15H22BClN2O3. The lowest BCUT2D eigenvalue weighted by molar-refractivity contribution is 0.00578. The van der Waals surface area contributed by atoms with Crippen LogP contribution in [-0.2, 0) is 14.0 Å². The molecule has 2 aliphatic heterocycles. The highest BCUT2D eigenvalue weighted by atomic mass is 35.5. The summed E-state index contributed by atoms with van der Waals surface area (Å²) in [6.45, 7) is 11.2. The fourth-order valence-corrected chi connectivity index (χ4v) is 2.86. The molecule has 22 heavy (non-hydrogen) atoms. The molecule has 2 fully saturated rings. The standard InChI is InChI=1S/C15H22BClN2O3/c1-14(2)15(3,4)22-16(21-14)11-9-12(17)13(18-10-11)19-5-7-20-8-6-19/h9-10H,5-8H2,1-4H3. The number of pyridine rings is 1. The van der Waals surface area contributed by atoms with Crippen LogP contribution in [0, 0.1) is 0 Å². The van der Waals surface area contributed by atoms with Crippen LogP contribution >= 0.6 is 11.6 Å². The van der Waals surface area contributed by atoms with E-state index in [0.29, 0.717) is 18.2 Å². The molecule has 5 nitrogen and oxygen atoms in total. The molecule has 0 bridgehead atoms. The Labute approximate surface area is 137 Å². The van der Waals surface area contributed by atoms with Crippen LogP contribution in [0.25, 0.3) is 0 Å². The van der Waals surface area contributed by atoms with Gasteiger partial charge in [0.2, 0.25) is 0 Å². The van der Waals surface area contributed by atoms with E-state index < -0.39 is 7.12 Å². The fourth-order valence-electron chi connectivity index (χ4n) is 2.56. The van der Waals surface area contributed by atoms with Gasteiger partial charge in [0.25, 0.3) is 0 Å². The molecule has 0 aliphatic carbocycles. The second-order valence-electron chi connectivity index (χ2n) is 6.76. The predicted octanol–water partition coefficient (Wildman–Crippen LogP) is 1.87. The number of halogens is 1. The molecule has 1 aromatic rings. The predicted molar refractivity (Wildman–Crippen MR) is 88.0 cm³/mol. The third-order valence-electron chi connectivity index (χ3n) is 4.68. The molecule has 0 amide bonds. The summed E-state index contributed by atoms with van der Waals surface area (Å²) in [6, 6.07) is 1.89. The Kier molecular flexibility index (Phi) is 4.14. The molecule has 0 spiro atoms. The Morgan fingerprint density at radius 1 is 1.14 bits per heavy atom. The molecule has 2 aliphatic rings. The van der Waals surface area contributed by atoms with E-state index in [9.17, 15) is 0 Å². The highest BCUT2D eigenvalue weighted by Crippen LogP contribution is 2.36. The van der Waals surface area contributed by atoms with Crippen molar-refractivity contribution in [3.63, 3.8) is 0 Å². The summed E-state index contributed by atoms with van der Waals surface area (Å²) in [5.41, 5.74) is 0.112. The van der Waals surface area contributed by atoms with Crippen LogP contribution in [-0.4, -0.2) is 49.6 Å². The molecule has 0 radical (unpaired) electrons. The number of nitrogens with zero attached hydrogens (tertiary/aromatic N) is 2. The van der Waals surface area contributed by atoms with Crippen molar-refractivity contribution < 1.29 is 14.0 Å². The van der Waals surface area contributed by atoms with Gasteiger partial charge in [-0.2, -0.15) is 0 Å². The first kappa shape index (κ1) is 16.1. The minimum absolute atomic E-state index is 0.368. The van der Waals surface area contributed by atoms with E-state index in [0.717, 1.165) is 24.4 Å². The molecule has 0 atom stereocenters. The second kappa shape index (κ2) is 5.67. The van der Waals surface area contributed by atoms with Crippen LogP contribution in [0.5, 0.6) is 0 Å². The van der Waals surface area contributed by atoms with E-state index in [1.165, 1.54) is 0 Å². The van der Waals surface area contributed by atoms with E-state index in [2.05, 4.69) is 9.88 Å². The Morgan fingerprint density at radius 3 is 2.27 bits per heavy atom. The van der Waals surface area contributed by atoms with Gasteiger partial charge < -0.3 is 18.9 Å². The van der Waals surface area contributed by atoms with Crippen LogP contribution in [0.2, 0.25) is 5.02 Å². The van der Waals surface area contributed by atoms with Gasteiger partial charge in [-0.15, -0.1) is 0 Å². The van der Waals surface area contributed by atoms with Gasteiger partial charge in [0.1, 0.15) is 5.82 Å². The van der Waals surface area contributed by atoms with Gasteiger partial charge >= 0.3 is 7.12 Å². The molecule has 3 heterocycles. The topological polar surface area (TPSA) is 43.8 Å². The summed E-state index contributed by atoms with van der Waals surface area (Å²) < 4.78 is 17.4. The number of anilines is 1. The van der Waals surface area contributed by atoms with Crippen molar-refractivity contribution in [2.24, 2.45) is 0 Å². The normalized spacial score (nSPS) is 23.9. The lowest BCUT2D eigenvalue weighted by Crippen LogP contribution is -2.41. The summed E-state index contributed by atoms with van der Waals surface area (Å²) in [6.07, 6.45) is 1.79. The monoisotopic (exact) mass is 324 g/mol. The molecule has 120 valence electrons. The zero-order valence-corrected chi connectivity index (χ0v) is 14.3. The van der Waals surface area contributed by atoms with Crippen molar-refractivity contribution in [2.75, 3.05) is 31.2 Å². The summed E-state index contributed by atoms with van der Waals surface area (Å²) in [5, 5.41) is 0.620. The van der Waals surface area contributed by atoms with Crippen molar-refractivity contribution in [3.05, 3.63) is 17.3 Å². The van der Waals surface area contributed by atoms with Crippen molar-refractivity contribution in [3.8, 4) is 0 Å². The van der Waals surface area contributed by atoms with Gasteiger partial charge in [-0.05, 0) is 33.8 Å². The Hall–Kier alpha value is -0.815. The molecule has 1 aromatic heterocycles. The number of hydrogen-bond acceptors (Lipinski definition) is 5. The SMILES string of the molecule is CC1(C)OB(c2cnc(N3CCOCC3)c(Cl)c2)OC1(C)C. The van der Waals surface area contributed by atoms with E-state index in [-0.39, 0.29) is 11.2 Å². The van der Waals surface area contributed by atoms with E-state index in [1.54, 1.807) is 6.20 Å². The number of hydrogen-bond donors (Lipinski definition) is 0. The van der Waals surface area contributed by atoms with Gasteiger partial charge in [-0.25, -0.2) is 4.98 Å². The lowest BCUT2D eigenvalue weighted by atomic mass is 9.80. The third kappa shape index (κ3) is 2.85. The average Bonchev–Trinajstić information content (AvgIpc) is 2.68.